The van der Waals surface area contributed by atoms with Crippen molar-refractivity contribution in [3.63, 3.8) is 0 Å². The summed E-state index contributed by atoms with van der Waals surface area (Å²) < 4.78 is 57.4. The molecule has 1 aromatic carbocycles. The number of hydrogen-bond donors (Lipinski definition) is 1. The molecule has 0 saturated carbocycles. The molecular weight excluding hydrogens is 290 g/mol. The van der Waals surface area contributed by atoms with Crippen LogP contribution in [0.25, 0.3) is 0 Å². The monoisotopic (exact) mass is 305 g/mol. The van der Waals surface area contributed by atoms with Crippen molar-refractivity contribution in [3.8, 4) is 23.8 Å². The van der Waals surface area contributed by atoms with Crippen LogP contribution < -0.4 is 14.8 Å². The van der Waals surface area contributed by atoms with Gasteiger partial charge in [0.15, 0.2) is 0 Å². The van der Waals surface area contributed by atoms with E-state index in [2.05, 4.69) is 20.7 Å². The number of nitrogens with one attached hydrogen (secondary N) is 1. The third-order valence-electron chi connectivity index (χ3n) is 2.63. The van der Waals surface area contributed by atoms with Crippen LogP contribution in [0.2, 0.25) is 0 Å². The number of ether oxygens (including phenoxy) is 2. The third kappa shape index (κ3) is 5.92. The molecule has 0 radical (unpaired) electrons. The molecule has 0 aliphatic carbocycles. The van der Waals surface area contributed by atoms with E-state index in [-0.39, 0.29) is 24.1 Å². The van der Waals surface area contributed by atoms with Crippen LogP contribution in [0.4, 0.5) is 17.6 Å². The Balaban J connectivity index is 2.88. The van der Waals surface area contributed by atoms with Crippen LogP contribution in [-0.4, -0.2) is 19.3 Å². The molecule has 0 bridgehead atoms. The summed E-state index contributed by atoms with van der Waals surface area (Å²) in [6, 6.07) is 3.39. The van der Waals surface area contributed by atoms with Crippen LogP contribution in [0.1, 0.15) is 18.9 Å². The molecule has 0 aliphatic rings. The number of hydrogen-bond acceptors (Lipinski definition) is 3. The number of benzene rings is 1. The summed E-state index contributed by atoms with van der Waals surface area (Å²) in [5, 5.41) is 2.96. The lowest BCUT2D eigenvalue weighted by Gasteiger charge is -2.15. The van der Waals surface area contributed by atoms with Gasteiger partial charge >= 0.3 is 13.2 Å². The molecule has 1 rings (SSSR count). The molecule has 7 heteroatoms. The Bertz CT molecular complexity index is 488. The zero-order valence-corrected chi connectivity index (χ0v) is 11.3. The van der Waals surface area contributed by atoms with E-state index in [4.69, 9.17) is 6.42 Å². The van der Waals surface area contributed by atoms with E-state index < -0.39 is 13.2 Å². The molecule has 0 saturated heterocycles. The summed E-state index contributed by atoms with van der Waals surface area (Å²) >= 11 is 0. The van der Waals surface area contributed by atoms with E-state index in [9.17, 15) is 17.6 Å². The summed E-state index contributed by atoms with van der Waals surface area (Å²) in [7, 11) is 0. The average Bonchev–Trinajstić information content (AvgIpc) is 2.40. The van der Waals surface area contributed by atoms with E-state index in [1.165, 1.54) is 12.1 Å². The molecule has 1 atom stereocenters. The van der Waals surface area contributed by atoms with Gasteiger partial charge in [-0.05, 0) is 12.5 Å². The van der Waals surface area contributed by atoms with Gasteiger partial charge in [0.25, 0.3) is 0 Å². The van der Waals surface area contributed by atoms with Crippen molar-refractivity contribution in [2.24, 2.45) is 0 Å². The normalized spacial score (nSPS) is 12.3. The van der Waals surface area contributed by atoms with E-state index in [0.29, 0.717) is 12.0 Å². The van der Waals surface area contributed by atoms with Crippen molar-refractivity contribution >= 4 is 0 Å². The lowest BCUT2D eigenvalue weighted by Crippen LogP contribution is -2.26. The topological polar surface area (TPSA) is 30.5 Å². The Labute approximate surface area is 120 Å². The summed E-state index contributed by atoms with van der Waals surface area (Å²) in [5.41, 5.74) is 0.366. The van der Waals surface area contributed by atoms with Crippen molar-refractivity contribution in [2.75, 3.05) is 0 Å². The van der Waals surface area contributed by atoms with Crippen LogP contribution in [0.3, 0.4) is 0 Å². The molecule has 0 aromatic heterocycles. The second-order valence-electron chi connectivity index (χ2n) is 4.03. The van der Waals surface area contributed by atoms with Gasteiger partial charge in [-0.3, -0.25) is 5.32 Å². The van der Waals surface area contributed by atoms with Crippen molar-refractivity contribution in [2.45, 2.75) is 39.2 Å². The van der Waals surface area contributed by atoms with Crippen LogP contribution in [0.15, 0.2) is 18.2 Å². The molecule has 0 heterocycles. The van der Waals surface area contributed by atoms with E-state index in [1.807, 2.05) is 6.92 Å². The highest BCUT2D eigenvalue weighted by Crippen LogP contribution is 2.27. The van der Waals surface area contributed by atoms with Gasteiger partial charge in [-0.15, -0.1) is 6.42 Å². The van der Waals surface area contributed by atoms with Crippen molar-refractivity contribution in [3.05, 3.63) is 23.8 Å². The second-order valence-corrected chi connectivity index (χ2v) is 4.03. The van der Waals surface area contributed by atoms with Gasteiger partial charge in [0.1, 0.15) is 11.5 Å². The zero-order chi connectivity index (χ0) is 15.8. The van der Waals surface area contributed by atoms with E-state index in [0.717, 1.165) is 6.07 Å². The summed E-state index contributed by atoms with van der Waals surface area (Å²) in [6.45, 7) is -4.08. The lowest BCUT2D eigenvalue weighted by molar-refractivity contribution is -0.0546. The molecule has 116 valence electrons. The van der Waals surface area contributed by atoms with Gasteiger partial charge in [-0.1, -0.05) is 18.9 Å². The largest absolute Gasteiger partial charge is 0.435 e. The van der Waals surface area contributed by atoms with Gasteiger partial charge in [0, 0.05) is 18.2 Å². The van der Waals surface area contributed by atoms with Gasteiger partial charge in [0.05, 0.1) is 6.04 Å². The van der Waals surface area contributed by atoms with E-state index in [1.54, 1.807) is 0 Å². The first-order valence-corrected chi connectivity index (χ1v) is 6.18. The number of halogens is 4. The number of rotatable bonds is 8. The standard InChI is InChI=1S/C14H15F4NO2/c1-3-10(4-2)19-8-9-5-6-11(20-13(15)16)7-12(9)21-14(17)18/h1,5-7,10,13-14,19H,4,8H2,2H3. The lowest BCUT2D eigenvalue weighted by atomic mass is 10.1. The minimum absolute atomic E-state index is 0.166. The van der Waals surface area contributed by atoms with Crippen molar-refractivity contribution < 1.29 is 27.0 Å². The maximum Gasteiger partial charge on any atom is 0.387 e. The number of alkyl halides is 4. The maximum atomic E-state index is 12.4. The molecule has 0 fully saturated rings. The molecule has 1 unspecified atom stereocenters. The average molecular weight is 305 g/mol. The Hall–Kier alpha value is -1.94. The molecule has 1 N–H and O–H groups in total. The Kier molecular flexibility index (Phi) is 6.82. The van der Waals surface area contributed by atoms with Gasteiger partial charge in [0.2, 0.25) is 0 Å². The molecule has 0 aliphatic heterocycles. The maximum absolute atomic E-state index is 12.4. The predicted molar refractivity (Wildman–Crippen MR) is 69.5 cm³/mol. The fraction of sp³-hybridized carbons (Fsp3) is 0.429. The van der Waals surface area contributed by atoms with Crippen LogP contribution in [0.5, 0.6) is 11.5 Å². The van der Waals surface area contributed by atoms with Crippen LogP contribution in [0, 0.1) is 12.3 Å². The SMILES string of the molecule is C#CC(CC)NCc1ccc(OC(F)F)cc1OC(F)F. The number of terminal acetylenes is 1. The van der Waals surface area contributed by atoms with Gasteiger partial charge in [-0.2, -0.15) is 17.6 Å². The summed E-state index contributed by atoms with van der Waals surface area (Å²) in [4.78, 5) is 0. The minimum atomic E-state index is -3.07. The fourth-order valence-corrected chi connectivity index (χ4v) is 1.62. The molecule has 1 aromatic rings. The molecule has 0 amide bonds. The van der Waals surface area contributed by atoms with Crippen LogP contribution >= 0.6 is 0 Å². The first kappa shape index (κ1) is 17.1. The molecule has 3 nitrogen and oxygen atoms in total. The van der Waals surface area contributed by atoms with E-state index >= 15 is 0 Å². The van der Waals surface area contributed by atoms with Crippen LogP contribution in [-0.2, 0) is 6.54 Å². The molecule has 0 spiro atoms. The van der Waals surface area contributed by atoms with Gasteiger partial charge < -0.3 is 9.47 Å². The van der Waals surface area contributed by atoms with Crippen molar-refractivity contribution in [1.29, 1.82) is 0 Å². The fourth-order valence-electron chi connectivity index (χ4n) is 1.62. The summed E-state index contributed by atoms with van der Waals surface area (Å²) in [5.74, 6) is 2.01. The first-order chi connectivity index (χ1) is 9.96. The highest BCUT2D eigenvalue weighted by molar-refractivity contribution is 5.41. The smallest absolute Gasteiger partial charge is 0.387 e. The zero-order valence-electron chi connectivity index (χ0n) is 11.3. The van der Waals surface area contributed by atoms with Crippen molar-refractivity contribution in [1.82, 2.24) is 5.32 Å². The Morgan fingerprint density at radius 2 is 1.86 bits per heavy atom. The van der Waals surface area contributed by atoms with Gasteiger partial charge in [-0.25, -0.2) is 0 Å². The molecular formula is C14H15F4NO2. The Morgan fingerprint density at radius 3 is 2.38 bits per heavy atom. The molecule has 21 heavy (non-hydrogen) atoms. The highest BCUT2D eigenvalue weighted by atomic mass is 19.3. The third-order valence-corrected chi connectivity index (χ3v) is 2.63. The quantitative estimate of drug-likeness (QED) is 0.590. The predicted octanol–water partition coefficient (Wildman–Crippen LogP) is 3.39. The second kappa shape index (κ2) is 8.37. The minimum Gasteiger partial charge on any atom is -0.435 e. The highest BCUT2D eigenvalue weighted by Gasteiger charge is 2.14. The summed E-state index contributed by atoms with van der Waals surface area (Å²) in [6.07, 6.45) is 5.94. The first-order valence-electron chi connectivity index (χ1n) is 6.18. The Morgan fingerprint density at radius 1 is 1.19 bits per heavy atom.